The lowest BCUT2D eigenvalue weighted by Gasteiger charge is -2.12. The van der Waals surface area contributed by atoms with E-state index in [2.05, 4.69) is 17.8 Å². The van der Waals surface area contributed by atoms with Gasteiger partial charge in [-0.1, -0.05) is 13.3 Å². The molecule has 0 radical (unpaired) electrons. The number of nitrogens with two attached hydrogens (primary N) is 1. The van der Waals surface area contributed by atoms with Gasteiger partial charge in [0.1, 0.15) is 5.75 Å². The molecule has 0 heterocycles. The number of nitrogens with one attached hydrogen (secondary N) is 2. The van der Waals surface area contributed by atoms with Gasteiger partial charge >= 0.3 is 0 Å². The molecule has 3 amide bonds. The van der Waals surface area contributed by atoms with Crippen molar-refractivity contribution in [1.29, 1.82) is 0 Å². The van der Waals surface area contributed by atoms with Gasteiger partial charge in [0.2, 0.25) is 0 Å². The van der Waals surface area contributed by atoms with Gasteiger partial charge in [-0.05, 0) is 48.9 Å². The predicted molar refractivity (Wildman–Crippen MR) is 109 cm³/mol. The minimum absolute atomic E-state index is 0.256. The molecule has 4 N–H and O–H groups in total. The second kappa shape index (κ2) is 11.3. The van der Waals surface area contributed by atoms with E-state index < -0.39 is 17.7 Å². The van der Waals surface area contributed by atoms with Gasteiger partial charge in [0.15, 0.2) is 18.1 Å². The Balaban J connectivity index is 1.92. The van der Waals surface area contributed by atoms with Crippen LogP contribution < -0.4 is 30.8 Å². The Kier molecular flexibility index (Phi) is 8.49. The number of methoxy groups -OCH3 is 1. The van der Waals surface area contributed by atoms with Crippen LogP contribution in [0.1, 0.15) is 40.5 Å². The van der Waals surface area contributed by atoms with Crippen LogP contribution in [-0.4, -0.2) is 38.0 Å². The first-order valence-electron chi connectivity index (χ1n) is 9.37. The standard InChI is InChI=1S/C21H25N3O6/c1-3-4-11-29-17-10-7-15(12-18(17)28-2)21(27)24-23-20(26)14-5-8-16(9-6-14)30-13-19(22)25/h5-10,12H,3-4,11,13H2,1-2H3,(H2,22,25)(H,23,26)(H,24,27). The van der Waals surface area contributed by atoms with E-state index in [1.807, 2.05) is 0 Å². The van der Waals surface area contributed by atoms with E-state index >= 15 is 0 Å². The average molecular weight is 415 g/mol. The number of unbranched alkanes of at least 4 members (excludes halogenated alkanes) is 1. The fraction of sp³-hybridized carbons (Fsp3) is 0.286. The second-order valence-corrected chi connectivity index (χ2v) is 6.26. The van der Waals surface area contributed by atoms with Crippen LogP contribution in [0, 0.1) is 0 Å². The number of rotatable bonds is 10. The van der Waals surface area contributed by atoms with Crippen LogP contribution in [0.25, 0.3) is 0 Å². The number of benzene rings is 2. The Labute approximate surface area is 174 Å². The van der Waals surface area contributed by atoms with Crippen molar-refractivity contribution < 1.29 is 28.6 Å². The summed E-state index contributed by atoms with van der Waals surface area (Å²) in [4.78, 5) is 35.2. The molecule has 0 unspecified atom stereocenters. The Morgan fingerprint density at radius 3 is 2.13 bits per heavy atom. The van der Waals surface area contributed by atoms with Crippen LogP contribution in [0.5, 0.6) is 17.2 Å². The molecular weight excluding hydrogens is 390 g/mol. The number of hydrazine groups is 1. The molecule has 0 bridgehead atoms. The summed E-state index contributed by atoms with van der Waals surface area (Å²) < 4.78 is 16.0. The average Bonchev–Trinajstić information content (AvgIpc) is 2.76. The van der Waals surface area contributed by atoms with Crippen molar-refractivity contribution in [3.63, 3.8) is 0 Å². The van der Waals surface area contributed by atoms with Gasteiger partial charge in [0.25, 0.3) is 17.7 Å². The zero-order chi connectivity index (χ0) is 21.9. The lowest BCUT2D eigenvalue weighted by Crippen LogP contribution is -2.41. The molecule has 0 spiro atoms. The van der Waals surface area contributed by atoms with Gasteiger partial charge < -0.3 is 19.9 Å². The van der Waals surface area contributed by atoms with Crippen LogP contribution in [0.15, 0.2) is 42.5 Å². The summed E-state index contributed by atoms with van der Waals surface area (Å²) in [6.45, 7) is 2.36. The molecule has 0 atom stereocenters. The van der Waals surface area contributed by atoms with Gasteiger partial charge in [-0.2, -0.15) is 0 Å². The van der Waals surface area contributed by atoms with Crippen molar-refractivity contribution in [1.82, 2.24) is 10.9 Å². The van der Waals surface area contributed by atoms with Gasteiger partial charge in [-0.3, -0.25) is 25.2 Å². The van der Waals surface area contributed by atoms with Gasteiger partial charge in [0.05, 0.1) is 13.7 Å². The van der Waals surface area contributed by atoms with E-state index in [4.69, 9.17) is 19.9 Å². The summed E-state index contributed by atoms with van der Waals surface area (Å²) in [6, 6.07) is 10.8. The molecule has 0 aliphatic carbocycles. The fourth-order valence-electron chi connectivity index (χ4n) is 2.37. The Bertz CT molecular complexity index is 883. The number of primary amides is 1. The van der Waals surface area contributed by atoms with Crippen molar-refractivity contribution in [3.8, 4) is 17.2 Å². The molecule has 30 heavy (non-hydrogen) atoms. The summed E-state index contributed by atoms with van der Waals surface area (Å²) in [6.07, 6.45) is 1.92. The normalized spacial score (nSPS) is 10.1. The molecule has 9 heteroatoms. The maximum Gasteiger partial charge on any atom is 0.269 e. The number of amides is 3. The molecule has 2 aromatic rings. The SMILES string of the molecule is CCCCOc1ccc(C(=O)NNC(=O)c2ccc(OCC(N)=O)cc2)cc1OC. The van der Waals surface area contributed by atoms with E-state index in [0.29, 0.717) is 35.0 Å². The van der Waals surface area contributed by atoms with Crippen LogP contribution in [-0.2, 0) is 4.79 Å². The Morgan fingerprint density at radius 1 is 0.900 bits per heavy atom. The molecule has 2 rings (SSSR count). The van der Waals surface area contributed by atoms with Crippen molar-refractivity contribution in [2.75, 3.05) is 20.3 Å². The van der Waals surface area contributed by atoms with E-state index in [9.17, 15) is 14.4 Å². The molecular formula is C21H25N3O6. The predicted octanol–water partition coefficient (Wildman–Crippen LogP) is 1.81. The summed E-state index contributed by atoms with van der Waals surface area (Å²) in [7, 11) is 1.49. The number of carbonyl (C=O) groups excluding carboxylic acids is 3. The number of ether oxygens (including phenoxy) is 3. The van der Waals surface area contributed by atoms with Crippen molar-refractivity contribution in [3.05, 3.63) is 53.6 Å². The molecule has 0 aliphatic rings. The first-order valence-corrected chi connectivity index (χ1v) is 9.37. The topological polar surface area (TPSA) is 129 Å². The van der Waals surface area contributed by atoms with Gasteiger partial charge in [0, 0.05) is 11.1 Å². The zero-order valence-corrected chi connectivity index (χ0v) is 16.9. The van der Waals surface area contributed by atoms with Crippen LogP contribution in [0.3, 0.4) is 0 Å². The van der Waals surface area contributed by atoms with Crippen LogP contribution in [0.2, 0.25) is 0 Å². The van der Waals surface area contributed by atoms with Crippen molar-refractivity contribution in [2.24, 2.45) is 5.73 Å². The highest BCUT2D eigenvalue weighted by Crippen LogP contribution is 2.28. The summed E-state index contributed by atoms with van der Waals surface area (Å²) >= 11 is 0. The lowest BCUT2D eigenvalue weighted by atomic mass is 10.2. The van der Waals surface area contributed by atoms with Crippen molar-refractivity contribution in [2.45, 2.75) is 19.8 Å². The quantitative estimate of drug-likeness (QED) is 0.401. The van der Waals surface area contributed by atoms with Crippen LogP contribution in [0.4, 0.5) is 0 Å². The third-order valence-electron chi connectivity index (χ3n) is 3.97. The molecule has 0 fully saturated rings. The number of carbonyl (C=O) groups is 3. The molecule has 0 saturated carbocycles. The van der Waals surface area contributed by atoms with E-state index in [1.165, 1.54) is 37.4 Å². The first-order chi connectivity index (χ1) is 14.4. The Morgan fingerprint density at radius 2 is 1.53 bits per heavy atom. The highest BCUT2D eigenvalue weighted by atomic mass is 16.5. The summed E-state index contributed by atoms with van der Waals surface area (Å²) in [5.41, 5.74) is 10.3. The first kappa shape index (κ1) is 22.5. The minimum Gasteiger partial charge on any atom is -0.493 e. The maximum absolute atomic E-state index is 12.3. The Hall–Kier alpha value is -3.75. The second-order valence-electron chi connectivity index (χ2n) is 6.26. The highest BCUT2D eigenvalue weighted by molar-refractivity contribution is 5.99. The largest absolute Gasteiger partial charge is 0.493 e. The molecule has 9 nitrogen and oxygen atoms in total. The van der Waals surface area contributed by atoms with E-state index in [-0.39, 0.29) is 6.61 Å². The van der Waals surface area contributed by atoms with Gasteiger partial charge in [-0.25, -0.2) is 0 Å². The summed E-state index contributed by atoms with van der Waals surface area (Å²) in [5.74, 6) is -0.263. The maximum atomic E-state index is 12.3. The molecule has 160 valence electrons. The summed E-state index contributed by atoms with van der Waals surface area (Å²) in [5, 5.41) is 0. The minimum atomic E-state index is -0.600. The van der Waals surface area contributed by atoms with Crippen molar-refractivity contribution >= 4 is 17.7 Å². The number of hydrogen-bond donors (Lipinski definition) is 3. The highest BCUT2D eigenvalue weighted by Gasteiger charge is 2.13. The van der Waals surface area contributed by atoms with Crippen LogP contribution >= 0.6 is 0 Å². The molecule has 2 aromatic carbocycles. The van der Waals surface area contributed by atoms with E-state index in [0.717, 1.165) is 12.8 Å². The van der Waals surface area contributed by atoms with Gasteiger partial charge in [-0.15, -0.1) is 0 Å². The van der Waals surface area contributed by atoms with E-state index in [1.54, 1.807) is 12.1 Å². The zero-order valence-electron chi connectivity index (χ0n) is 16.9. The third-order valence-corrected chi connectivity index (χ3v) is 3.97. The molecule has 0 aromatic heterocycles. The monoisotopic (exact) mass is 415 g/mol. The third kappa shape index (κ3) is 6.69. The lowest BCUT2D eigenvalue weighted by molar-refractivity contribution is -0.119. The number of hydrogen-bond acceptors (Lipinski definition) is 6. The smallest absolute Gasteiger partial charge is 0.269 e. The molecule has 0 saturated heterocycles. The fourth-order valence-corrected chi connectivity index (χ4v) is 2.37. The molecule has 0 aliphatic heterocycles.